The molecule has 0 bridgehead atoms. The van der Waals surface area contributed by atoms with Crippen LogP contribution < -0.4 is 5.32 Å². The van der Waals surface area contributed by atoms with E-state index in [0.29, 0.717) is 13.0 Å². The van der Waals surface area contributed by atoms with Crippen LogP contribution in [0, 0.1) is 0 Å². The number of fused-ring (bicyclic) bond motifs is 2. The molecule has 164 valence electrons. The van der Waals surface area contributed by atoms with Crippen LogP contribution in [0.1, 0.15) is 55.6 Å². The fourth-order valence-electron chi connectivity index (χ4n) is 5.63. The molecule has 6 nitrogen and oxygen atoms in total. The molecule has 1 aliphatic carbocycles. The molecular formula is C24H36N4O2. The molecule has 3 amide bonds. The SMILES string of the molecule is CN(C)CCNC(=O)C[C@H]1CC2(CCN(C(=O)N3CCCC3)CC2)c2ccccc21. The average Bonchev–Trinajstić information content (AvgIpc) is 3.36. The van der Waals surface area contributed by atoms with Crippen molar-refractivity contribution >= 4 is 11.9 Å². The van der Waals surface area contributed by atoms with Crippen LogP contribution in [0.3, 0.4) is 0 Å². The third-order valence-electron chi connectivity index (χ3n) is 7.29. The Morgan fingerprint density at radius 3 is 2.43 bits per heavy atom. The van der Waals surface area contributed by atoms with Crippen molar-refractivity contribution in [1.29, 1.82) is 0 Å². The highest BCUT2D eigenvalue weighted by molar-refractivity contribution is 5.77. The molecule has 0 aromatic heterocycles. The Morgan fingerprint density at radius 1 is 1.07 bits per heavy atom. The minimum absolute atomic E-state index is 0.118. The Balaban J connectivity index is 1.40. The molecule has 3 aliphatic rings. The van der Waals surface area contributed by atoms with Crippen LogP contribution in [0.15, 0.2) is 24.3 Å². The van der Waals surface area contributed by atoms with E-state index in [4.69, 9.17) is 0 Å². The summed E-state index contributed by atoms with van der Waals surface area (Å²) in [5.41, 5.74) is 2.89. The molecule has 1 atom stereocenters. The number of amides is 3. The summed E-state index contributed by atoms with van der Waals surface area (Å²) in [7, 11) is 4.04. The topological polar surface area (TPSA) is 55.9 Å². The van der Waals surface area contributed by atoms with Gasteiger partial charge in [-0.05, 0) is 68.7 Å². The van der Waals surface area contributed by atoms with Gasteiger partial charge in [0.15, 0.2) is 0 Å². The van der Waals surface area contributed by atoms with Crippen LogP contribution >= 0.6 is 0 Å². The summed E-state index contributed by atoms with van der Waals surface area (Å²) in [6.45, 7) is 5.02. The molecule has 2 heterocycles. The van der Waals surface area contributed by atoms with E-state index >= 15 is 0 Å². The first-order chi connectivity index (χ1) is 14.5. The lowest BCUT2D eigenvalue weighted by Gasteiger charge is -2.41. The molecule has 1 N–H and O–H groups in total. The van der Waals surface area contributed by atoms with E-state index in [1.807, 2.05) is 19.0 Å². The first-order valence-electron chi connectivity index (χ1n) is 11.5. The fourth-order valence-corrected chi connectivity index (χ4v) is 5.63. The van der Waals surface area contributed by atoms with Crippen LogP contribution in [0.25, 0.3) is 0 Å². The number of nitrogens with one attached hydrogen (secondary N) is 1. The Labute approximate surface area is 180 Å². The number of hydrogen-bond acceptors (Lipinski definition) is 3. The van der Waals surface area contributed by atoms with Crippen LogP contribution in [0.4, 0.5) is 4.79 Å². The number of piperidine rings is 1. The minimum atomic E-state index is 0.118. The summed E-state index contributed by atoms with van der Waals surface area (Å²) in [6, 6.07) is 8.93. The smallest absolute Gasteiger partial charge is 0.319 e. The van der Waals surface area contributed by atoms with Gasteiger partial charge in [-0.3, -0.25) is 4.79 Å². The molecule has 0 saturated carbocycles. The lowest BCUT2D eigenvalue weighted by atomic mass is 9.73. The maximum Gasteiger partial charge on any atom is 0.319 e. The highest BCUT2D eigenvalue weighted by Crippen LogP contribution is 2.52. The molecule has 4 rings (SSSR count). The summed E-state index contributed by atoms with van der Waals surface area (Å²) in [4.78, 5) is 31.5. The quantitative estimate of drug-likeness (QED) is 0.809. The van der Waals surface area contributed by atoms with E-state index in [-0.39, 0.29) is 23.3 Å². The maximum atomic E-state index is 12.8. The van der Waals surface area contributed by atoms with Crippen LogP contribution in [0.5, 0.6) is 0 Å². The second-order valence-electron chi connectivity index (χ2n) is 9.59. The van der Waals surface area contributed by atoms with Gasteiger partial charge >= 0.3 is 6.03 Å². The zero-order valence-electron chi connectivity index (χ0n) is 18.5. The predicted octanol–water partition coefficient (Wildman–Crippen LogP) is 2.79. The number of benzene rings is 1. The van der Waals surface area contributed by atoms with E-state index in [1.54, 1.807) is 0 Å². The molecule has 2 saturated heterocycles. The zero-order valence-corrected chi connectivity index (χ0v) is 18.5. The van der Waals surface area contributed by atoms with Crippen molar-refractivity contribution < 1.29 is 9.59 Å². The van der Waals surface area contributed by atoms with E-state index in [0.717, 1.165) is 64.8 Å². The Hall–Kier alpha value is -2.08. The zero-order chi connectivity index (χ0) is 21.1. The Morgan fingerprint density at radius 2 is 1.73 bits per heavy atom. The molecule has 0 unspecified atom stereocenters. The van der Waals surface area contributed by atoms with Crippen molar-refractivity contribution in [2.75, 3.05) is 53.4 Å². The van der Waals surface area contributed by atoms with Gasteiger partial charge in [0.2, 0.25) is 5.91 Å². The highest BCUT2D eigenvalue weighted by atomic mass is 16.2. The van der Waals surface area contributed by atoms with Gasteiger partial charge in [0, 0.05) is 45.7 Å². The van der Waals surface area contributed by atoms with E-state index in [1.165, 1.54) is 11.1 Å². The van der Waals surface area contributed by atoms with Crippen LogP contribution in [-0.2, 0) is 10.2 Å². The monoisotopic (exact) mass is 412 g/mol. The van der Waals surface area contributed by atoms with Gasteiger partial charge in [-0.1, -0.05) is 24.3 Å². The average molecular weight is 413 g/mol. The van der Waals surface area contributed by atoms with Crippen molar-refractivity contribution in [3.63, 3.8) is 0 Å². The first kappa shape index (κ1) is 21.2. The molecule has 30 heavy (non-hydrogen) atoms. The first-order valence-corrected chi connectivity index (χ1v) is 11.5. The van der Waals surface area contributed by atoms with Crippen LogP contribution in [-0.4, -0.2) is 80.0 Å². The minimum Gasteiger partial charge on any atom is -0.355 e. The standard InChI is InChI=1S/C24H36N4O2/c1-26(2)16-11-25-22(29)17-19-18-24(21-8-4-3-7-20(19)21)9-14-28(15-10-24)23(30)27-12-5-6-13-27/h3-4,7-8,19H,5-6,9-18H2,1-2H3,(H,25,29)/t19-/m0/s1. The number of urea groups is 1. The third-order valence-corrected chi connectivity index (χ3v) is 7.29. The Kier molecular flexibility index (Phi) is 6.32. The van der Waals surface area contributed by atoms with Crippen molar-refractivity contribution in [2.24, 2.45) is 0 Å². The number of nitrogens with zero attached hydrogens (tertiary/aromatic N) is 3. The molecule has 1 aromatic rings. The largest absolute Gasteiger partial charge is 0.355 e. The van der Waals surface area contributed by atoms with Gasteiger partial charge in [0.05, 0.1) is 0 Å². The van der Waals surface area contributed by atoms with Gasteiger partial charge in [-0.2, -0.15) is 0 Å². The van der Waals surface area contributed by atoms with Gasteiger partial charge in [0.1, 0.15) is 0 Å². The van der Waals surface area contributed by atoms with Crippen LogP contribution in [0.2, 0.25) is 0 Å². The second-order valence-corrected chi connectivity index (χ2v) is 9.59. The number of carbonyl (C=O) groups excluding carboxylic acids is 2. The van der Waals surface area contributed by atoms with Crippen molar-refractivity contribution in [1.82, 2.24) is 20.0 Å². The fraction of sp³-hybridized carbons (Fsp3) is 0.667. The van der Waals surface area contributed by atoms with E-state index in [9.17, 15) is 9.59 Å². The normalized spacial score (nSPS) is 22.6. The summed E-state index contributed by atoms with van der Waals surface area (Å²) in [6.07, 6.45) is 5.86. The lowest BCUT2D eigenvalue weighted by Crippen LogP contribution is -2.49. The molecule has 6 heteroatoms. The van der Waals surface area contributed by atoms with Crippen molar-refractivity contribution in [2.45, 2.75) is 49.9 Å². The summed E-state index contributed by atoms with van der Waals surface area (Å²) < 4.78 is 0. The van der Waals surface area contributed by atoms with Gasteiger partial charge < -0.3 is 20.0 Å². The third kappa shape index (κ3) is 4.34. The van der Waals surface area contributed by atoms with Crippen molar-refractivity contribution in [3.8, 4) is 0 Å². The number of likely N-dealkylation sites (tertiary alicyclic amines) is 2. The highest BCUT2D eigenvalue weighted by Gasteiger charge is 2.46. The number of hydrogen-bond donors (Lipinski definition) is 1. The summed E-state index contributed by atoms with van der Waals surface area (Å²) in [5.74, 6) is 0.428. The summed E-state index contributed by atoms with van der Waals surface area (Å²) >= 11 is 0. The molecule has 2 aliphatic heterocycles. The molecule has 2 fully saturated rings. The Bertz CT molecular complexity index is 764. The second kappa shape index (κ2) is 8.96. The van der Waals surface area contributed by atoms with Gasteiger partial charge in [0.25, 0.3) is 0 Å². The number of likely N-dealkylation sites (N-methyl/N-ethyl adjacent to an activating group) is 1. The molecule has 0 radical (unpaired) electrons. The number of carbonyl (C=O) groups is 2. The van der Waals surface area contributed by atoms with E-state index in [2.05, 4.69) is 39.4 Å². The van der Waals surface area contributed by atoms with E-state index < -0.39 is 0 Å². The predicted molar refractivity (Wildman–Crippen MR) is 119 cm³/mol. The van der Waals surface area contributed by atoms with Gasteiger partial charge in [-0.15, -0.1) is 0 Å². The number of rotatable bonds is 5. The lowest BCUT2D eigenvalue weighted by molar-refractivity contribution is -0.121. The summed E-state index contributed by atoms with van der Waals surface area (Å²) in [5, 5.41) is 3.08. The molecule has 1 spiro atoms. The molecule has 1 aromatic carbocycles. The van der Waals surface area contributed by atoms with Gasteiger partial charge in [-0.25, -0.2) is 4.79 Å². The molecular weight excluding hydrogens is 376 g/mol. The van der Waals surface area contributed by atoms with Crippen molar-refractivity contribution in [3.05, 3.63) is 35.4 Å². The maximum absolute atomic E-state index is 12.8.